The number of methoxy groups -OCH3 is 1. The molecule has 5 nitrogen and oxygen atoms in total. The summed E-state index contributed by atoms with van der Waals surface area (Å²) in [5.74, 6) is 0.517. The Bertz CT molecular complexity index is 1270. The summed E-state index contributed by atoms with van der Waals surface area (Å²) >= 11 is 0. The molecule has 4 aromatic rings. The molecular formula is C25H26N2O3. The average Bonchev–Trinajstić information content (AvgIpc) is 2.97. The maximum absolute atomic E-state index is 12.3. The molecule has 154 valence electrons. The summed E-state index contributed by atoms with van der Waals surface area (Å²) in [6.45, 7) is 8.52. The SMILES string of the molecule is CCOC(=O)Cn1c(C)c(-c2cc(C)nc3c(OC)cccc23)c2cc(C)ccc21. The molecule has 2 heterocycles. The fourth-order valence-corrected chi connectivity index (χ4v) is 4.20. The number of para-hydroxylation sites is 1. The van der Waals surface area contributed by atoms with Gasteiger partial charge in [0.05, 0.1) is 13.7 Å². The Labute approximate surface area is 176 Å². The van der Waals surface area contributed by atoms with Gasteiger partial charge in [-0.1, -0.05) is 23.8 Å². The second-order valence-electron chi connectivity index (χ2n) is 7.54. The van der Waals surface area contributed by atoms with Crippen LogP contribution in [-0.4, -0.2) is 29.2 Å². The first kappa shape index (κ1) is 20.0. The number of esters is 1. The van der Waals surface area contributed by atoms with Gasteiger partial charge in [0, 0.05) is 33.2 Å². The van der Waals surface area contributed by atoms with Crippen molar-refractivity contribution in [1.82, 2.24) is 9.55 Å². The van der Waals surface area contributed by atoms with E-state index in [1.54, 1.807) is 7.11 Å². The van der Waals surface area contributed by atoms with E-state index in [1.807, 2.05) is 30.5 Å². The zero-order chi connectivity index (χ0) is 21.4. The van der Waals surface area contributed by atoms with E-state index in [0.29, 0.717) is 6.61 Å². The number of hydrogen-bond acceptors (Lipinski definition) is 4. The molecule has 30 heavy (non-hydrogen) atoms. The fraction of sp³-hybridized carbons (Fsp3) is 0.280. The highest BCUT2D eigenvalue weighted by Crippen LogP contribution is 2.40. The number of fused-ring (bicyclic) bond motifs is 2. The molecule has 0 radical (unpaired) electrons. The van der Waals surface area contributed by atoms with E-state index in [4.69, 9.17) is 14.5 Å². The second-order valence-corrected chi connectivity index (χ2v) is 7.54. The topological polar surface area (TPSA) is 53.4 Å². The van der Waals surface area contributed by atoms with Crippen LogP contribution in [0.2, 0.25) is 0 Å². The van der Waals surface area contributed by atoms with Crippen LogP contribution in [0.5, 0.6) is 5.75 Å². The van der Waals surface area contributed by atoms with Crippen LogP contribution in [0.1, 0.15) is 23.9 Å². The Morgan fingerprint density at radius 2 is 1.87 bits per heavy atom. The van der Waals surface area contributed by atoms with Crippen LogP contribution in [0.3, 0.4) is 0 Å². The third kappa shape index (κ3) is 3.30. The largest absolute Gasteiger partial charge is 0.494 e. The van der Waals surface area contributed by atoms with Crippen molar-refractivity contribution in [1.29, 1.82) is 0 Å². The van der Waals surface area contributed by atoms with E-state index in [2.05, 4.69) is 44.2 Å². The van der Waals surface area contributed by atoms with Crippen LogP contribution < -0.4 is 4.74 Å². The summed E-state index contributed by atoms with van der Waals surface area (Å²) in [6, 6.07) is 14.4. The Balaban J connectivity index is 2.06. The van der Waals surface area contributed by atoms with Gasteiger partial charge in [0.15, 0.2) is 0 Å². The van der Waals surface area contributed by atoms with E-state index in [-0.39, 0.29) is 12.5 Å². The summed E-state index contributed by atoms with van der Waals surface area (Å²) in [7, 11) is 1.66. The molecule has 0 amide bonds. The van der Waals surface area contributed by atoms with Gasteiger partial charge in [-0.15, -0.1) is 0 Å². The van der Waals surface area contributed by atoms with Gasteiger partial charge >= 0.3 is 5.97 Å². The van der Waals surface area contributed by atoms with Gasteiger partial charge in [-0.05, 0) is 57.5 Å². The normalized spacial score (nSPS) is 11.2. The first-order chi connectivity index (χ1) is 14.4. The maximum Gasteiger partial charge on any atom is 0.325 e. The highest BCUT2D eigenvalue weighted by atomic mass is 16.5. The highest BCUT2D eigenvalue weighted by molar-refractivity contribution is 6.07. The van der Waals surface area contributed by atoms with Gasteiger partial charge < -0.3 is 14.0 Å². The lowest BCUT2D eigenvalue weighted by atomic mass is 9.96. The van der Waals surface area contributed by atoms with Crippen LogP contribution in [0.25, 0.3) is 32.9 Å². The number of benzene rings is 2. The molecule has 0 unspecified atom stereocenters. The number of ether oxygens (including phenoxy) is 2. The Morgan fingerprint density at radius 3 is 2.60 bits per heavy atom. The van der Waals surface area contributed by atoms with Crippen LogP contribution >= 0.6 is 0 Å². The second kappa shape index (κ2) is 7.82. The molecule has 0 aliphatic carbocycles. The summed E-state index contributed by atoms with van der Waals surface area (Å²) in [6.07, 6.45) is 0. The van der Waals surface area contributed by atoms with E-state index in [9.17, 15) is 4.79 Å². The zero-order valence-corrected chi connectivity index (χ0v) is 18.1. The molecule has 0 spiro atoms. The van der Waals surface area contributed by atoms with Crippen LogP contribution in [0, 0.1) is 20.8 Å². The summed E-state index contributed by atoms with van der Waals surface area (Å²) < 4.78 is 12.8. The van der Waals surface area contributed by atoms with Crippen LogP contribution in [0.15, 0.2) is 42.5 Å². The first-order valence-electron chi connectivity index (χ1n) is 10.1. The fourth-order valence-electron chi connectivity index (χ4n) is 4.20. The van der Waals surface area contributed by atoms with Crippen molar-refractivity contribution in [2.45, 2.75) is 34.2 Å². The number of nitrogens with zero attached hydrogens (tertiary/aromatic N) is 2. The van der Waals surface area contributed by atoms with Crippen LogP contribution in [0.4, 0.5) is 0 Å². The molecular weight excluding hydrogens is 376 g/mol. The third-order valence-electron chi connectivity index (χ3n) is 5.49. The summed E-state index contributed by atoms with van der Waals surface area (Å²) in [5.41, 5.74) is 7.18. The number of aromatic nitrogens is 2. The van der Waals surface area contributed by atoms with Crippen molar-refractivity contribution >= 4 is 27.8 Å². The minimum Gasteiger partial charge on any atom is -0.494 e. The highest BCUT2D eigenvalue weighted by Gasteiger charge is 2.21. The van der Waals surface area contributed by atoms with Crippen molar-refractivity contribution < 1.29 is 14.3 Å². The molecule has 0 bridgehead atoms. The predicted octanol–water partition coefficient (Wildman–Crippen LogP) is 5.35. The summed E-state index contributed by atoms with van der Waals surface area (Å²) in [5, 5.41) is 2.14. The lowest BCUT2D eigenvalue weighted by Gasteiger charge is -2.12. The monoisotopic (exact) mass is 402 g/mol. The predicted molar refractivity (Wildman–Crippen MR) is 120 cm³/mol. The number of aryl methyl sites for hydroxylation is 2. The Morgan fingerprint density at radius 1 is 1.07 bits per heavy atom. The van der Waals surface area contributed by atoms with Crippen molar-refractivity contribution in [3.05, 3.63) is 59.4 Å². The van der Waals surface area contributed by atoms with Crippen molar-refractivity contribution in [3.8, 4) is 16.9 Å². The molecule has 4 rings (SSSR count). The van der Waals surface area contributed by atoms with Gasteiger partial charge in [-0.3, -0.25) is 4.79 Å². The Hall–Kier alpha value is -3.34. The third-order valence-corrected chi connectivity index (χ3v) is 5.49. The maximum atomic E-state index is 12.3. The lowest BCUT2D eigenvalue weighted by molar-refractivity contribution is -0.143. The average molecular weight is 402 g/mol. The molecule has 0 atom stereocenters. The quantitative estimate of drug-likeness (QED) is 0.422. The summed E-state index contributed by atoms with van der Waals surface area (Å²) in [4.78, 5) is 17.0. The minimum absolute atomic E-state index is 0.185. The van der Waals surface area contributed by atoms with Gasteiger partial charge in [0.1, 0.15) is 17.8 Å². The molecule has 5 heteroatoms. The van der Waals surface area contributed by atoms with Crippen molar-refractivity contribution in [2.24, 2.45) is 0 Å². The molecule has 0 saturated heterocycles. The van der Waals surface area contributed by atoms with Crippen molar-refractivity contribution in [3.63, 3.8) is 0 Å². The first-order valence-corrected chi connectivity index (χ1v) is 10.1. The van der Waals surface area contributed by atoms with Gasteiger partial charge in [0.25, 0.3) is 0 Å². The number of hydrogen-bond donors (Lipinski definition) is 0. The lowest BCUT2D eigenvalue weighted by Crippen LogP contribution is -2.14. The van der Waals surface area contributed by atoms with Gasteiger partial charge in [0.2, 0.25) is 0 Å². The molecule has 0 fully saturated rings. The minimum atomic E-state index is -0.234. The number of pyridine rings is 1. The molecule has 0 aliphatic rings. The van der Waals surface area contributed by atoms with Gasteiger partial charge in [-0.2, -0.15) is 0 Å². The molecule has 0 N–H and O–H groups in total. The number of rotatable bonds is 5. The molecule has 0 saturated carbocycles. The van der Waals surface area contributed by atoms with E-state index < -0.39 is 0 Å². The number of carbonyl (C=O) groups excluding carboxylic acids is 1. The number of carbonyl (C=O) groups is 1. The Kier molecular flexibility index (Phi) is 5.20. The molecule has 0 aliphatic heterocycles. The van der Waals surface area contributed by atoms with E-state index in [1.165, 1.54) is 5.56 Å². The molecule has 2 aromatic carbocycles. The molecule has 2 aromatic heterocycles. The van der Waals surface area contributed by atoms with Crippen LogP contribution in [-0.2, 0) is 16.1 Å². The van der Waals surface area contributed by atoms with E-state index in [0.717, 1.165) is 50.1 Å². The van der Waals surface area contributed by atoms with Gasteiger partial charge in [-0.25, -0.2) is 4.98 Å². The smallest absolute Gasteiger partial charge is 0.325 e. The van der Waals surface area contributed by atoms with E-state index >= 15 is 0 Å². The standard InChI is InChI=1S/C25H26N2O3/c1-6-30-23(28)14-27-17(4)24(20-12-15(2)10-11-21(20)27)19-13-16(3)26-25-18(19)8-7-9-22(25)29-5/h7-13H,6,14H2,1-5H3. The zero-order valence-electron chi connectivity index (χ0n) is 18.1. The van der Waals surface area contributed by atoms with Crippen molar-refractivity contribution in [2.75, 3.05) is 13.7 Å².